The van der Waals surface area contributed by atoms with Gasteiger partial charge in [0, 0.05) is 61.1 Å². The maximum Gasteiger partial charge on any atom is 0.326 e. The lowest BCUT2D eigenvalue weighted by atomic mass is 10.0. The predicted molar refractivity (Wildman–Crippen MR) is 144 cm³/mol. The lowest BCUT2D eigenvalue weighted by Crippen LogP contribution is -2.34. The normalized spacial score (nSPS) is 13.6. The average Bonchev–Trinajstić information content (AvgIpc) is 3.22. The van der Waals surface area contributed by atoms with Crippen LogP contribution in [0.1, 0.15) is 33.6 Å². The summed E-state index contributed by atoms with van der Waals surface area (Å²) in [5, 5.41) is 4.04. The molecule has 1 aliphatic heterocycles. The Balaban J connectivity index is 1.39. The first-order valence-corrected chi connectivity index (χ1v) is 12.3. The van der Waals surface area contributed by atoms with Crippen LogP contribution in [-0.4, -0.2) is 33.6 Å². The summed E-state index contributed by atoms with van der Waals surface area (Å²) in [4.78, 5) is 23.5. The minimum atomic E-state index is -0.200. The zero-order chi connectivity index (χ0) is 25.9. The third-order valence-electron chi connectivity index (χ3n) is 6.82. The van der Waals surface area contributed by atoms with Crippen LogP contribution in [0, 0.1) is 26.2 Å². The summed E-state index contributed by atoms with van der Waals surface area (Å²) in [7, 11) is 0. The number of fused-ring (bicyclic) bond motifs is 3. The van der Waals surface area contributed by atoms with E-state index in [0.717, 1.165) is 52.1 Å². The quantitative estimate of drug-likeness (QED) is 0.338. The minimum Gasteiger partial charge on any atom is -0.333 e. The third kappa shape index (κ3) is 5.16. The van der Waals surface area contributed by atoms with Crippen molar-refractivity contribution in [1.82, 2.24) is 19.8 Å². The molecule has 7 heteroatoms. The Hall–Kier alpha value is -4.28. The van der Waals surface area contributed by atoms with Gasteiger partial charge in [-0.05, 0) is 60.4 Å². The van der Waals surface area contributed by atoms with Gasteiger partial charge in [0.1, 0.15) is 5.82 Å². The van der Waals surface area contributed by atoms with Gasteiger partial charge in [-0.2, -0.15) is 0 Å². The van der Waals surface area contributed by atoms with Gasteiger partial charge in [-0.25, -0.2) is 14.0 Å². The smallest absolute Gasteiger partial charge is 0.326 e. The van der Waals surface area contributed by atoms with Crippen LogP contribution in [0.3, 0.4) is 0 Å². The highest BCUT2D eigenvalue weighted by molar-refractivity contribution is 5.97. The number of hydrogen-bond donors (Lipinski definition) is 1. The van der Waals surface area contributed by atoms with E-state index in [2.05, 4.69) is 26.1 Å². The molecule has 0 unspecified atom stereocenters. The Labute approximate surface area is 215 Å². The predicted octanol–water partition coefficient (Wildman–Crippen LogP) is 6.17. The molecule has 0 atom stereocenters. The Morgan fingerprint density at radius 1 is 1.19 bits per heavy atom. The summed E-state index contributed by atoms with van der Waals surface area (Å²) >= 11 is 0. The van der Waals surface area contributed by atoms with Crippen LogP contribution < -0.4 is 5.32 Å². The van der Waals surface area contributed by atoms with Crippen molar-refractivity contribution < 1.29 is 9.18 Å². The van der Waals surface area contributed by atoms with Crippen molar-refractivity contribution in [3.63, 3.8) is 0 Å². The first-order chi connectivity index (χ1) is 17.9. The van der Waals surface area contributed by atoms with Crippen LogP contribution in [0.4, 0.5) is 14.9 Å². The molecule has 0 saturated heterocycles. The molecule has 3 heterocycles. The number of nitrogens with zero attached hydrogens (tertiary/aromatic N) is 4. The van der Waals surface area contributed by atoms with Crippen LogP contribution in [0.2, 0.25) is 0 Å². The first kappa shape index (κ1) is 24.4. The molecule has 0 spiro atoms. The minimum absolute atomic E-state index is 0.197. The highest BCUT2D eigenvalue weighted by Gasteiger charge is 2.26. The van der Waals surface area contributed by atoms with Crippen LogP contribution in [0.15, 0.2) is 60.8 Å². The molecule has 0 bridgehead atoms. The lowest BCUT2D eigenvalue weighted by molar-refractivity contribution is 0.240. The van der Waals surface area contributed by atoms with Gasteiger partial charge in [0.2, 0.25) is 0 Å². The number of pyridine rings is 1. The third-order valence-corrected chi connectivity index (χ3v) is 6.82. The molecular formula is C30H28FN5O. The van der Waals surface area contributed by atoms with E-state index in [9.17, 15) is 9.18 Å². The molecule has 1 N–H and O–H groups in total. The first-order valence-electron chi connectivity index (χ1n) is 12.3. The molecule has 1 amide bonds. The summed E-state index contributed by atoms with van der Waals surface area (Å²) in [5.41, 5.74) is 6.73. The topological polar surface area (TPSA) is 54.5 Å². The zero-order valence-corrected chi connectivity index (χ0v) is 21.0. The number of aromatic nitrogens is 2. The van der Waals surface area contributed by atoms with Crippen molar-refractivity contribution in [2.24, 2.45) is 0 Å². The van der Waals surface area contributed by atoms with E-state index in [1.807, 2.05) is 43.3 Å². The van der Waals surface area contributed by atoms with Gasteiger partial charge in [-0.15, -0.1) is 0 Å². The Morgan fingerprint density at radius 2 is 2.05 bits per heavy atom. The molecule has 4 aromatic rings. The second-order valence-corrected chi connectivity index (χ2v) is 9.43. The lowest BCUT2D eigenvalue weighted by Gasteiger charge is -2.27. The van der Waals surface area contributed by atoms with E-state index in [0.29, 0.717) is 30.8 Å². The summed E-state index contributed by atoms with van der Waals surface area (Å²) in [6.07, 6.45) is 6.45. The highest BCUT2D eigenvalue weighted by Crippen LogP contribution is 2.33. The van der Waals surface area contributed by atoms with Gasteiger partial charge in [-0.1, -0.05) is 36.4 Å². The van der Waals surface area contributed by atoms with Crippen LogP contribution >= 0.6 is 0 Å². The van der Waals surface area contributed by atoms with Gasteiger partial charge in [0.25, 0.3) is 0 Å². The largest absolute Gasteiger partial charge is 0.333 e. The zero-order valence-electron chi connectivity index (χ0n) is 21.0. The molecule has 6 nitrogen and oxygen atoms in total. The molecule has 2 aromatic carbocycles. The summed E-state index contributed by atoms with van der Waals surface area (Å²) in [6.45, 7) is 13.7. The van der Waals surface area contributed by atoms with Crippen LogP contribution in [-0.2, 0) is 19.5 Å². The Bertz CT molecular complexity index is 1560. The number of nitrogens with one attached hydrogen (secondary N) is 1. The number of benzene rings is 2. The summed E-state index contributed by atoms with van der Waals surface area (Å²) in [6, 6.07) is 14.5. The molecule has 0 aliphatic carbocycles. The Kier molecular flexibility index (Phi) is 6.85. The van der Waals surface area contributed by atoms with Crippen molar-refractivity contribution >= 4 is 28.7 Å². The average molecular weight is 494 g/mol. The van der Waals surface area contributed by atoms with E-state index < -0.39 is 0 Å². The number of carbonyl (C=O) groups excluding carboxylic acids is 1. The van der Waals surface area contributed by atoms with E-state index in [1.54, 1.807) is 35.9 Å². The fraction of sp³-hybridized carbons (Fsp3) is 0.233. The van der Waals surface area contributed by atoms with Crippen molar-refractivity contribution in [3.05, 3.63) is 112 Å². The Morgan fingerprint density at radius 3 is 2.84 bits per heavy atom. The summed E-state index contributed by atoms with van der Waals surface area (Å²) < 4.78 is 15.6. The van der Waals surface area contributed by atoms with Crippen molar-refractivity contribution in [3.8, 4) is 0 Å². The van der Waals surface area contributed by atoms with Gasteiger partial charge < -0.3 is 5.32 Å². The molecule has 0 fully saturated rings. The maximum atomic E-state index is 13.9. The van der Waals surface area contributed by atoms with E-state index in [-0.39, 0.29) is 11.8 Å². The monoisotopic (exact) mass is 493 g/mol. The number of rotatable bonds is 5. The number of carbonyl (C=O) groups is 1. The molecule has 5 rings (SSSR count). The SMILES string of the molecule is [C-]#[N+]c1ccc2c3c(n(C(=O)NCc4ccnc(C)c4)c2c1)CCN(C/C=C/c1ccc(C)c(F)c1)C3. The molecule has 37 heavy (non-hydrogen) atoms. The second-order valence-electron chi connectivity index (χ2n) is 9.43. The number of hydrogen-bond acceptors (Lipinski definition) is 3. The van der Waals surface area contributed by atoms with Crippen molar-refractivity contribution in [1.29, 1.82) is 0 Å². The standard InChI is InChI=1S/C30H28FN5O/c1-20-6-7-22(16-27(20)31)5-4-13-35-14-11-28-26(19-35)25-9-8-24(32-3)17-29(25)36(28)30(37)34-18-23-10-12-33-21(2)15-23/h4-10,12,15-17H,11,13-14,18-19H2,1-2H3,(H,34,37)/b5-4+. The molecule has 0 radical (unpaired) electrons. The van der Waals surface area contributed by atoms with E-state index in [4.69, 9.17) is 6.57 Å². The highest BCUT2D eigenvalue weighted by atomic mass is 19.1. The van der Waals surface area contributed by atoms with Gasteiger partial charge in [0.05, 0.1) is 6.57 Å². The number of aryl methyl sites for hydroxylation is 2. The van der Waals surface area contributed by atoms with Gasteiger partial charge in [-0.3, -0.25) is 14.5 Å². The molecule has 1 aliphatic rings. The molecule has 0 saturated carbocycles. The fourth-order valence-electron chi connectivity index (χ4n) is 4.88. The van der Waals surface area contributed by atoms with Crippen molar-refractivity contribution in [2.75, 3.05) is 13.1 Å². The number of amides is 1. The van der Waals surface area contributed by atoms with Crippen LogP contribution in [0.25, 0.3) is 21.8 Å². The van der Waals surface area contributed by atoms with Crippen molar-refractivity contribution in [2.45, 2.75) is 33.4 Å². The molecule has 2 aromatic heterocycles. The second kappa shape index (κ2) is 10.4. The van der Waals surface area contributed by atoms with Gasteiger partial charge in [0.15, 0.2) is 5.69 Å². The molecule has 186 valence electrons. The van der Waals surface area contributed by atoms with Crippen LogP contribution in [0.5, 0.6) is 0 Å². The fourth-order valence-corrected chi connectivity index (χ4v) is 4.88. The maximum absolute atomic E-state index is 13.9. The van der Waals surface area contributed by atoms with E-state index in [1.165, 1.54) is 0 Å². The number of halogens is 1. The van der Waals surface area contributed by atoms with Gasteiger partial charge >= 0.3 is 6.03 Å². The van der Waals surface area contributed by atoms with E-state index >= 15 is 0 Å². The molecular weight excluding hydrogens is 465 g/mol. The summed E-state index contributed by atoms with van der Waals surface area (Å²) in [5.74, 6) is -0.200.